The van der Waals surface area contributed by atoms with Gasteiger partial charge < -0.3 is 10.1 Å². The minimum absolute atomic E-state index is 0.0204. The van der Waals surface area contributed by atoms with Gasteiger partial charge in [0, 0.05) is 12.3 Å². The van der Waals surface area contributed by atoms with Gasteiger partial charge in [0.15, 0.2) is 0 Å². The predicted octanol–water partition coefficient (Wildman–Crippen LogP) is 2.89. The van der Waals surface area contributed by atoms with Crippen molar-refractivity contribution in [1.82, 2.24) is 5.32 Å². The van der Waals surface area contributed by atoms with Crippen LogP contribution in [0.15, 0.2) is 24.3 Å². The molecule has 3 nitrogen and oxygen atoms in total. The number of ether oxygens (including phenoxy) is 1. The Morgan fingerprint density at radius 1 is 1.53 bits per heavy atom. The summed E-state index contributed by atoms with van der Waals surface area (Å²) in [5.74, 6) is 1.34. The standard InChI is InChI=1S/C13H18ClNO2/c1-10(15-13(16)7-4-8-14)11-5-3-6-12(9-11)17-2/h3,5-6,9-10H,4,7-8H2,1-2H3,(H,15,16)/t10-/m0/s1. The molecule has 1 rings (SSSR count). The summed E-state index contributed by atoms with van der Waals surface area (Å²) < 4.78 is 5.14. The first-order valence-electron chi connectivity index (χ1n) is 5.66. The summed E-state index contributed by atoms with van der Waals surface area (Å²) >= 11 is 5.54. The van der Waals surface area contributed by atoms with Gasteiger partial charge in [0.2, 0.25) is 5.91 Å². The Morgan fingerprint density at radius 3 is 2.94 bits per heavy atom. The summed E-state index contributed by atoms with van der Waals surface area (Å²) in [5, 5.41) is 2.93. The lowest BCUT2D eigenvalue weighted by Crippen LogP contribution is -2.26. The van der Waals surface area contributed by atoms with Crippen LogP contribution in [0.4, 0.5) is 0 Å². The van der Waals surface area contributed by atoms with Crippen LogP contribution in [0, 0.1) is 0 Å². The van der Waals surface area contributed by atoms with Crippen LogP contribution in [0.1, 0.15) is 31.4 Å². The normalized spacial score (nSPS) is 11.9. The molecular formula is C13H18ClNO2. The Labute approximate surface area is 107 Å². The molecule has 17 heavy (non-hydrogen) atoms. The SMILES string of the molecule is COc1cccc([C@H](C)NC(=O)CCCCl)c1. The molecular weight excluding hydrogens is 238 g/mol. The molecule has 94 valence electrons. The molecule has 1 N–H and O–H groups in total. The number of rotatable bonds is 6. The molecule has 0 saturated heterocycles. The first kappa shape index (κ1) is 13.8. The smallest absolute Gasteiger partial charge is 0.220 e. The van der Waals surface area contributed by atoms with E-state index in [1.54, 1.807) is 7.11 Å². The van der Waals surface area contributed by atoms with Gasteiger partial charge in [0.25, 0.3) is 0 Å². The third kappa shape index (κ3) is 4.65. The topological polar surface area (TPSA) is 38.3 Å². The average Bonchev–Trinajstić information content (AvgIpc) is 2.36. The monoisotopic (exact) mass is 255 g/mol. The molecule has 1 aromatic rings. The van der Waals surface area contributed by atoms with Gasteiger partial charge in [-0.1, -0.05) is 12.1 Å². The van der Waals surface area contributed by atoms with E-state index >= 15 is 0 Å². The molecule has 0 aliphatic carbocycles. The zero-order chi connectivity index (χ0) is 12.7. The predicted molar refractivity (Wildman–Crippen MR) is 69.5 cm³/mol. The van der Waals surface area contributed by atoms with Crippen molar-refractivity contribution in [2.24, 2.45) is 0 Å². The van der Waals surface area contributed by atoms with Gasteiger partial charge >= 0.3 is 0 Å². The fraction of sp³-hybridized carbons (Fsp3) is 0.462. The number of halogens is 1. The summed E-state index contributed by atoms with van der Waals surface area (Å²) in [4.78, 5) is 11.5. The number of nitrogens with one attached hydrogen (secondary N) is 1. The van der Waals surface area contributed by atoms with E-state index in [0.717, 1.165) is 11.3 Å². The number of methoxy groups -OCH3 is 1. The highest BCUT2D eigenvalue weighted by Gasteiger charge is 2.09. The van der Waals surface area contributed by atoms with Crippen LogP contribution in [-0.4, -0.2) is 18.9 Å². The summed E-state index contributed by atoms with van der Waals surface area (Å²) in [6, 6.07) is 7.66. The van der Waals surface area contributed by atoms with E-state index in [1.165, 1.54) is 0 Å². The van der Waals surface area contributed by atoms with E-state index in [9.17, 15) is 4.79 Å². The zero-order valence-electron chi connectivity index (χ0n) is 10.2. The number of hydrogen-bond acceptors (Lipinski definition) is 2. The lowest BCUT2D eigenvalue weighted by molar-refractivity contribution is -0.121. The van der Waals surface area contributed by atoms with Crippen molar-refractivity contribution in [3.63, 3.8) is 0 Å². The van der Waals surface area contributed by atoms with Crippen LogP contribution in [0.2, 0.25) is 0 Å². The second-order valence-corrected chi connectivity index (χ2v) is 4.24. The first-order valence-corrected chi connectivity index (χ1v) is 6.20. The molecule has 0 heterocycles. The van der Waals surface area contributed by atoms with Crippen molar-refractivity contribution in [3.8, 4) is 5.75 Å². The summed E-state index contributed by atoms with van der Waals surface area (Å²) in [6.45, 7) is 1.95. The highest BCUT2D eigenvalue weighted by atomic mass is 35.5. The molecule has 0 radical (unpaired) electrons. The maximum atomic E-state index is 11.5. The van der Waals surface area contributed by atoms with Crippen LogP contribution < -0.4 is 10.1 Å². The molecule has 0 aliphatic heterocycles. The molecule has 0 saturated carbocycles. The van der Waals surface area contributed by atoms with Gasteiger partial charge in [-0.3, -0.25) is 4.79 Å². The van der Waals surface area contributed by atoms with Crippen LogP contribution in [0.25, 0.3) is 0 Å². The highest BCUT2D eigenvalue weighted by molar-refractivity contribution is 6.17. The van der Waals surface area contributed by atoms with E-state index in [1.807, 2.05) is 31.2 Å². The molecule has 0 unspecified atom stereocenters. The third-order valence-electron chi connectivity index (χ3n) is 2.51. The van der Waals surface area contributed by atoms with Gasteiger partial charge in [0.1, 0.15) is 5.75 Å². The first-order chi connectivity index (χ1) is 8.17. The Morgan fingerprint density at radius 2 is 2.29 bits per heavy atom. The summed E-state index contributed by atoms with van der Waals surface area (Å²) in [6.07, 6.45) is 1.18. The van der Waals surface area contributed by atoms with Gasteiger partial charge in [-0.15, -0.1) is 11.6 Å². The van der Waals surface area contributed by atoms with Crippen molar-refractivity contribution >= 4 is 17.5 Å². The molecule has 0 spiro atoms. The lowest BCUT2D eigenvalue weighted by Gasteiger charge is -2.15. The van der Waals surface area contributed by atoms with Crippen LogP contribution in [-0.2, 0) is 4.79 Å². The van der Waals surface area contributed by atoms with E-state index in [4.69, 9.17) is 16.3 Å². The van der Waals surface area contributed by atoms with E-state index < -0.39 is 0 Å². The molecule has 0 bridgehead atoms. The second kappa shape index (κ2) is 7.17. The molecule has 1 atom stereocenters. The van der Waals surface area contributed by atoms with Crippen LogP contribution >= 0.6 is 11.6 Å². The fourth-order valence-corrected chi connectivity index (χ4v) is 1.67. The third-order valence-corrected chi connectivity index (χ3v) is 2.78. The van der Waals surface area contributed by atoms with Gasteiger partial charge in [-0.2, -0.15) is 0 Å². The largest absolute Gasteiger partial charge is 0.497 e. The molecule has 1 aromatic carbocycles. The number of alkyl halides is 1. The maximum Gasteiger partial charge on any atom is 0.220 e. The molecule has 0 fully saturated rings. The zero-order valence-corrected chi connectivity index (χ0v) is 11.0. The van der Waals surface area contributed by atoms with Gasteiger partial charge in [-0.25, -0.2) is 0 Å². The quantitative estimate of drug-likeness (QED) is 0.794. The second-order valence-electron chi connectivity index (χ2n) is 3.86. The fourth-order valence-electron chi connectivity index (χ4n) is 1.54. The average molecular weight is 256 g/mol. The maximum absolute atomic E-state index is 11.5. The van der Waals surface area contributed by atoms with Crippen LogP contribution in [0.5, 0.6) is 5.75 Å². The summed E-state index contributed by atoms with van der Waals surface area (Å²) in [7, 11) is 1.63. The van der Waals surface area contributed by atoms with Crippen molar-refractivity contribution in [3.05, 3.63) is 29.8 Å². The van der Waals surface area contributed by atoms with E-state index in [2.05, 4.69) is 5.32 Å². The molecule has 1 amide bonds. The molecule has 0 aromatic heterocycles. The van der Waals surface area contributed by atoms with Crippen molar-refractivity contribution in [2.45, 2.75) is 25.8 Å². The van der Waals surface area contributed by atoms with Crippen molar-refractivity contribution < 1.29 is 9.53 Å². The minimum atomic E-state index is -0.0204. The number of hydrogen-bond donors (Lipinski definition) is 1. The number of benzene rings is 1. The van der Waals surface area contributed by atoms with Crippen LogP contribution in [0.3, 0.4) is 0 Å². The lowest BCUT2D eigenvalue weighted by atomic mass is 10.1. The number of amides is 1. The number of carbonyl (C=O) groups is 1. The van der Waals surface area contributed by atoms with Crippen molar-refractivity contribution in [2.75, 3.05) is 13.0 Å². The Kier molecular flexibility index (Phi) is 5.84. The van der Waals surface area contributed by atoms with E-state index in [-0.39, 0.29) is 11.9 Å². The highest BCUT2D eigenvalue weighted by Crippen LogP contribution is 2.18. The van der Waals surface area contributed by atoms with Crippen molar-refractivity contribution in [1.29, 1.82) is 0 Å². The molecule has 4 heteroatoms. The Bertz CT molecular complexity index is 368. The summed E-state index contributed by atoms with van der Waals surface area (Å²) in [5.41, 5.74) is 1.03. The Balaban J connectivity index is 2.56. The number of carbonyl (C=O) groups excluding carboxylic acids is 1. The van der Waals surface area contributed by atoms with Gasteiger partial charge in [0.05, 0.1) is 13.2 Å². The van der Waals surface area contributed by atoms with E-state index in [0.29, 0.717) is 18.7 Å². The Hall–Kier alpha value is -1.22. The van der Waals surface area contributed by atoms with Gasteiger partial charge in [-0.05, 0) is 31.0 Å². The molecule has 0 aliphatic rings. The minimum Gasteiger partial charge on any atom is -0.497 e.